The molecule has 1 saturated heterocycles. The Labute approximate surface area is 158 Å². The van der Waals surface area contributed by atoms with Crippen molar-refractivity contribution < 1.29 is 13.9 Å². The van der Waals surface area contributed by atoms with Crippen LogP contribution in [0, 0.1) is 0 Å². The molecule has 1 aliphatic rings. The molecule has 4 rings (SSSR count). The van der Waals surface area contributed by atoms with Crippen molar-refractivity contribution in [3.8, 4) is 5.75 Å². The summed E-state index contributed by atoms with van der Waals surface area (Å²) in [7, 11) is 1.61. The number of para-hydroxylation sites is 2. The lowest BCUT2D eigenvalue weighted by Gasteiger charge is -2.29. The lowest BCUT2D eigenvalue weighted by molar-refractivity contribution is -0.117. The molecule has 6 heteroatoms. The number of fused-ring (bicyclic) bond motifs is 1. The Kier molecular flexibility index (Phi) is 5.07. The molecule has 1 aromatic heterocycles. The predicted octanol–water partition coefficient (Wildman–Crippen LogP) is 3.65. The minimum Gasteiger partial charge on any atom is -0.497 e. The zero-order valence-electron chi connectivity index (χ0n) is 15.4. The minimum absolute atomic E-state index is 0.0106. The fraction of sp³-hybridized carbons (Fsp3) is 0.333. The van der Waals surface area contributed by atoms with Crippen LogP contribution in [0.1, 0.15) is 24.7 Å². The van der Waals surface area contributed by atoms with E-state index in [2.05, 4.69) is 15.2 Å². The molecule has 6 nitrogen and oxygen atoms in total. The molecule has 0 saturated carbocycles. The summed E-state index contributed by atoms with van der Waals surface area (Å²) in [6, 6.07) is 15.2. The van der Waals surface area contributed by atoms with Gasteiger partial charge in [-0.25, -0.2) is 4.98 Å². The number of carbonyl (C=O) groups is 1. The molecule has 140 valence electrons. The number of methoxy groups -OCH3 is 1. The lowest BCUT2D eigenvalue weighted by atomic mass is 9.97. The van der Waals surface area contributed by atoms with E-state index < -0.39 is 0 Å². The lowest BCUT2D eigenvalue weighted by Crippen LogP contribution is -2.38. The quantitative estimate of drug-likeness (QED) is 0.747. The van der Waals surface area contributed by atoms with Crippen molar-refractivity contribution in [2.45, 2.75) is 18.8 Å². The van der Waals surface area contributed by atoms with Gasteiger partial charge in [0, 0.05) is 17.7 Å². The highest BCUT2D eigenvalue weighted by atomic mass is 16.5. The van der Waals surface area contributed by atoms with Crippen LogP contribution in [0.3, 0.4) is 0 Å². The molecule has 3 aromatic rings. The normalized spacial score (nSPS) is 15.7. The van der Waals surface area contributed by atoms with E-state index >= 15 is 0 Å². The summed E-state index contributed by atoms with van der Waals surface area (Å²) in [5, 5.41) is 2.93. The Morgan fingerprint density at radius 1 is 1.22 bits per heavy atom. The second-order valence-electron chi connectivity index (χ2n) is 6.85. The predicted molar refractivity (Wildman–Crippen MR) is 104 cm³/mol. The van der Waals surface area contributed by atoms with E-state index in [4.69, 9.17) is 9.15 Å². The summed E-state index contributed by atoms with van der Waals surface area (Å²) < 4.78 is 11.1. The van der Waals surface area contributed by atoms with Gasteiger partial charge in [0.1, 0.15) is 11.3 Å². The van der Waals surface area contributed by atoms with Gasteiger partial charge in [-0.2, -0.15) is 0 Å². The Balaban J connectivity index is 1.30. The molecule has 27 heavy (non-hydrogen) atoms. The Morgan fingerprint density at radius 2 is 2.04 bits per heavy atom. The number of amides is 1. The molecular formula is C21H23N3O3. The molecule has 1 N–H and O–H groups in total. The van der Waals surface area contributed by atoms with Crippen molar-refractivity contribution in [1.29, 1.82) is 0 Å². The molecule has 0 aliphatic carbocycles. The van der Waals surface area contributed by atoms with Gasteiger partial charge in [-0.3, -0.25) is 9.69 Å². The SMILES string of the molecule is COc1cccc(NC(=O)CN2CCC(c3nc4ccccc4o3)CC2)c1. The van der Waals surface area contributed by atoms with Crippen LogP contribution in [0.15, 0.2) is 52.9 Å². The minimum atomic E-state index is -0.0106. The molecule has 1 fully saturated rings. The number of carbonyl (C=O) groups excluding carboxylic acids is 1. The van der Waals surface area contributed by atoms with E-state index in [1.54, 1.807) is 7.11 Å². The first kappa shape index (κ1) is 17.5. The molecule has 0 unspecified atom stereocenters. The van der Waals surface area contributed by atoms with Crippen molar-refractivity contribution in [2.75, 3.05) is 32.1 Å². The second kappa shape index (κ2) is 7.80. The molecular weight excluding hydrogens is 342 g/mol. The maximum atomic E-state index is 12.3. The van der Waals surface area contributed by atoms with Gasteiger partial charge in [0.2, 0.25) is 5.91 Å². The van der Waals surface area contributed by atoms with E-state index in [1.165, 1.54) is 0 Å². The molecule has 1 aliphatic heterocycles. The maximum Gasteiger partial charge on any atom is 0.238 e. The molecule has 0 spiro atoms. The summed E-state index contributed by atoms with van der Waals surface area (Å²) in [5.41, 5.74) is 2.50. The van der Waals surface area contributed by atoms with Crippen molar-refractivity contribution in [3.05, 3.63) is 54.4 Å². The Morgan fingerprint density at radius 3 is 2.81 bits per heavy atom. The van der Waals surface area contributed by atoms with Crippen LogP contribution in [-0.4, -0.2) is 42.5 Å². The van der Waals surface area contributed by atoms with Gasteiger partial charge in [-0.15, -0.1) is 0 Å². The first-order valence-electron chi connectivity index (χ1n) is 9.23. The number of likely N-dealkylation sites (tertiary alicyclic amines) is 1. The Bertz CT molecular complexity index is 896. The highest BCUT2D eigenvalue weighted by Gasteiger charge is 2.25. The van der Waals surface area contributed by atoms with Gasteiger partial charge in [-0.1, -0.05) is 18.2 Å². The van der Waals surface area contributed by atoms with E-state index in [9.17, 15) is 4.79 Å². The first-order valence-corrected chi connectivity index (χ1v) is 9.23. The zero-order valence-corrected chi connectivity index (χ0v) is 15.4. The third-order valence-corrected chi connectivity index (χ3v) is 4.97. The summed E-state index contributed by atoms with van der Waals surface area (Å²) in [6.45, 7) is 2.10. The largest absolute Gasteiger partial charge is 0.497 e. The van der Waals surface area contributed by atoms with Crippen LogP contribution >= 0.6 is 0 Å². The van der Waals surface area contributed by atoms with Crippen molar-refractivity contribution >= 4 is 22.7 Å². The summed E-state index contributed by atoms with van der Waals surface area (Å²) in [6.07, 6.45) is 1.89. The van der Waals surface area contributed by atoms with E-state index in [1.807, 2.05) is 48.5 Å². The number of ether oxygens (including phenoxy) is 1. The van der Waals surface area contributed by atoms with Gasteiger partial charge < -0.3 is 14.5 Å². The molecule has 1 amide bonds. The number of rotatable bonds is 5. The number of nitrogens with zero attached hydrogens (tertiary/aromatic N) is 2. The number of aromatic nitrogens is 1. The number of nitrogens with one attached hydrogen (secondary N) is 1. The van der Waals surface area contributed by atoms with Crippen LogP contribution < -0.4 is 10.1 Å². The average Bonchev–Trinajstić information content (AvgIpc) is 3.13. The Hall–Kier alpha value is -2.86. The molecule has 0 radical (unpaired) electrons. The van der Waals surface area contributed by atoms with Gasteiger partial charge >= 0.3 is 0 Å². The monoisotopic (exact) mass is 365 g/mol. The standard InChI is InChI=1S/C21H23N3O3/c1-26-17-6-4-5-16(13-17)22-20(25)14-24-11-9-15(10-12-24)21-23-18-7-2-3-8-19(18)27-21/h2-8,13,15H,9-12,14H2,1H3,(H,22,25). The van der Waals surface area contributed by atoms with Crippen molar-refractivity contribution in [1.82, 2.24) is 9.88 Å². The van der Waals surface area contributed by atoms with Gasteiger partial charge in [0.25, 0.3) is 0 Å². The van der Waals surface area contributed by atoms with Gasteiger partial charge in [-0.05, 0) is 50.2 Å². The zero-order chi connectivity index (χ0) is 18.6. The van der Waals surface area contributed by atoms with E-state index in [0.717, 1.165) is 54.4 Å². The smallest absolute Gasteiger partial charge is 0.238 e. The van der Waals surface area contributed by atoms with Gasteiger partial charge in [0.15, 0.2) is 11.5 Å². The highest BCUT2D eigenvalue weighted by Crippen LogP contribution is 2.29. The summed E-state index contributed by atoms with van der Waals surface area (Å²) >= 11 is 0. The molecule has 0 bridgehead atoms. The topological polar surface area (TPSA) is 67.6 Å². The van der Waals surface area contributed by atoms with Crippen LogP contribution in [-0.2, 0) is 4.79 Å². The van der Waals surface area contributed by atoms with Crippen molar-refractivity contribution in [3.63, 3.8) is 0 Å². The molecule has 0 atom stereocenters. The van der Waals surface area contributed by atoms with E-state index in [0.29, 0.717) is 12.5 Å². The van der Waals surface area contributed by atoms with Crippen LogP contribution in [0.4, 0.5) is 5.69 Å². The van der Waals surface area contributed by atoms with Crippen molar-refractivity contribution in [2.24, 2.45) is 0 Å². The number of benzene rings is 2. The first-order chi connectivity index (χ1) is 13.2. The number of oxazole rings is 1. The second-order valence-corrected chi connectivity index (χ2v) is 6.85. The molecule has 2 aromatic carbocycles. The number of anilines is 1. The average molecular weight is 365 g/mol. The highest BCUT2D eigenvalue weighted by molar-refractivity contribution is 5.92. The van der Waals surface area contributed by atoms with E-state index in [-0.39, 0.29) is 5.91 Å². The fourth-order valence-electron chi connectivity index (χ4n) is 3.51. The number of hydrogen-bond acceptors (Lipinski definition) is 5. The van der Waals surface area contributed by atoms with Gasteiger partial charge in [0.05, 0.1) is 13.7 Å². The molecule has 2 heterocycles. The summed E-state index contributed by atoms with van der Waals surface area (Å²) in [4.78, 5) is 19.1. The number of piperidine rings is 1. The van der Waals surface area contributed by atoms with Crippen LogP contribution in [0.2, 0.25) is 0 Å². The van der Waals surface area contributed by atoms with Crippen LogP contribution in [0.25, 0.3) is 11.1 Å². The third kappa shape index (κ3) is 4.11. The fourth-order valence-corrected chi connectivity index (χ4v) is 3.51. The summed E-state index contributed by atoms with van der Waals surface area (Å²) in [5.74, 6) is 1.85. The maximum absolute atomic E-state index is 12.3. The third-order valence-electron chi connectivity index (χ3n) is 4.97. The van der Waals surface area contributed by atoms with Crippen LogP contribution in [0.5, 0.6) is 5.75 Å². The number of hydrogen-bond donors (Lipinski definition) is 1.